The van der Waals surface area contributed by atoms with E-state index in [1.165, 1.54) is 0 Å². The Labute approximate surface area is 322 Å². The number of para-hydroxylation sites is 3. The molecule has 0 atom stereocenters. The monoisotopic (exact) mass is 717 g/mol. The fraction of sp³-hybridized carbons (Fsp3) is 0. The molecule has 0 saturated heterocycles. The number of nitrogens with zero attached hydrogens (tertiary/aromatic N) is 3. The van der Waals surface area contributed by atoms with Gasteiger partial charge in [-0.05, 0) is 34.4 Å². The van der Waals surface area contributed by atoms with Crippen LogP contribution in [0.5, 0.6) is 0 Å². The van der Waals surface area contributed by atoms with Crippen LogP contribution in [0.25, 0.3) is 111 Å². The highest BCUT2D eigenvalue weighted by molar-refractivity contribution is 6.15. The summed E-state index contributed by atoms with van der Waals surface area (Å²) in [6.07, 6.45) is 0. The van der Waals surface area contributed by atoms with Crippen molar-refractivity contribution < 1.29 is 8.83 Å². The van der Waals surface area contributed by atoms with Gasteiger partial charge in [-0.1, -0.05) is 176 Å². The minimum atomic E-state index is 0.589. The van der Waals surface area contributed by atoms with E-state index in [1.807, 2.05) is 72.8 Å². The van der Waals surface area contributed by atoms with Gasteiger partial charge in [-0.15, -0.1) is 0 Å². The number of hydrogen-bond donors (Lipinski definition) is 0. The fourth-order valence-corrected chi connectivity index (χ4v) is 7.85. The lowest BCUT2D eigenvalue weighted by Gasteiger charge is -2.10. The standard InChI is InChI=1S/C51H31N3O2/c1-3-12-34(13-4-1)38-18-10-20-42-46-43(21-11-23-45(46)56-48(38)42)51-53-49(36-14-5-2-6-15-36)52-50(54-51)37-30-26-33(27-31-37)32-24-28-35(29-25-32)39-17-9-19-41-40-16-7-8-22-44(40)55-47(39)41/h1-31H. The Kier molecular flexibility index (Phi) is 7.42. The van der Waals surface area contributed by atoms with Gasteiger partial charge in [0, 0.05) is 49.4 Å². The molecule has 262 valence electrons. The van der Waals surface area contributed by atoms with Crippen molar-refractivity contribution in [2.45, 2.75) is 0 Å². The summed E-state index contributed by atoms with van der Waals surface area (Å²) >= 11 is 0. The normalized spacial score (nSPS) is 11.6. The van der Waals surface area contributed by atoms with Crippen molar-refractivity contribution in [3.05, 3.63) is 188 Å². The van der Waals surface area contributed by atoms with Gasteiger partial charge in [-0.2, -0.15) is 0 Å². The lowest BCUT2D eigenvalue weighted by atomic mass is 9.98. The van der Waals surface area contributed by atoms with Crippen LogP contribution in [0.4, 0.5) is 0 Å². The molecule has 11 aromatic rings. The summed E-state index contributed by atoms with van der Waals surface area (Å²) in [5.74, 6) is 1.80. The number of fused-ring (bicyclic) bond motifs is 6. The lowest BCUT2D eigenvalue weighted by molar-refractivity contribution is 0.669. The van der Waals surface area contributed by atoms with Crippen molar-refractivity contribution in [3.63, 3.8) is 0 Å². The molecule has 0 saturated carbocycles. The average Bonchev–Trinajstić information content (AvgIpc) is 3.86. The highest BCUT2D eigenvalue weighted by atomic mass is 16.3. The first kappa shape index (κ1) is 31.9. The van der Waals surface area contributed by atoms with Gasteiger partial charge < -0.3 is 8.83 Å². The molecule has 0 bridgehead atoms. The van der Waals surface area contributed by atoms with Crippen molar-refractivity contribution in [2.75, 3.05) is 0 Å². The number of benzene rings is 8. The zero-order valence-corrected chi connectivity index (χ0v) is 30.1. The quantitative estimate of drug-likeness (QED) is 0.171. The van der Waals surface area contributed by atoms with Crippen LogP contribution in [0.2, 0.25) is 0 Å². The molecule has 8 aromatic carbocycles. The van der Waals surface area contributed by atoms with Crippen LogP contribution in [-0.2, 0) is 0 Å². The number of rotatable bonds is 6. The van der Waals surface area contributed by atoms with E-state index in [0.717, 1.165) is 93.9 Å². The maximum atomic E-state index is 6.57. The number of aromatic nitrogens is 3. The molecule has 0 aliphatic rings. The van der Waals surface area contributed by atoms with E-state index in [1.54, 1.807) is 0 Å². The molecule has 5 heteroatoms. The summed E-state index contributed by atoms with van der Waals surface area (Å²) in [5.41, 5.74) is 12.7. The molecule has 0 aliphatic heterocycles. The third-order valence-corrected chi connectivity index (χ3v) is 10.6. The van der Waals surface area contributed by atoms with Crippen LogP contribution < -0.4 is 0 Å². The lowest BCUT2D eigenvalue weighted by Crippen LogP contribution is -2.00. The Bertz CT molecular complexity index is 3220. The first-order valence-corrected chi connectivity index (χ1v) is 18.7. The highest BCUT2D eigenvalue weighted by Crippen LogP contribution is 2.41. The summed E-state index contributed by atoms with van der Waals surface area (Å²) in [5, 5.41) is 4.25. The Morgan fingerprint density at radius 2 is 0.696 bits per heavy atom. The smallest absolute Gasteiger partial charge is 0.164 e. The number of hydrogen-bond acceptors (Lipinski definition) is 5. The largest absolute Gasteiger partial charge is 0.455 e. The summed E-state index contributed by atoms with van der Waals surface area (Å²) in [7, 11) is 0. The summed E-state index contributed by atoms with van der Waals surface area (Å²) in [6.45, 7) is 0. The van der Waals surface area contributed by atoms with E-state index in [2.05, 4.69) is 115 Å². The summed E-state index contributed by atoms with van der Waals surface area (Å²) in [6, 6.07) is 64.5. The maximum Gasteiger partial charge on any atom is 0.164 e. The molecule has 0 spiro atoms. The van der Waals surface area contributed by atoms with E-state index < -0.39 is 0 Å². The summed E-state index contributed by atoms with van der Waals surface area (Å²) in [4.78, 5) is 15.2. The third kappa shape index (κ3) is 5.37. The molecule has 56 heavy (non-hydrogen) atoms. The Morgan fingerprint density at radius 3 is 1.39 bits per heavy atom. The minimum Gasteiger partial charge on any atom is -0.455 e. The number of furan rings is 2. The first-order valence-electron chi connectivity index (χ1n) is 18.7. The van der Waals surface area contributed by atoms with Gasteiger partial charge in [0.2, 0.25) is 0 Å². The SMILES string of the molecule is c1ccc(-c2nc(-c3ccc(-c4ccc(-c5cccc6c5oc5ccccc56)cc4)cc3)nc(-c3cccc4oc5c(-c6ccccc6)cccc5c34)n2)cc1. The van der Waals surface area contributed by atoms with E-state index in [4.69, 9.17) is 23.8 Å². The van der Waals surface area contributed by atoms with Crippen molar-refractivity contribution in [1.82, 2.24) is 15.0 Å². The van der Waals surface area contributed by atoms with Gasteiger partial charge in [0.05, 0.1) is 0 Å². The minimum absolute atomic E-state index is 0.589. The highest BCUT2D eigenvalue weighted by Gasteiger charge is 2.20. The molecule has 3 aromatic heterocycles. The van der Waals surface area contributed by atoms with Crippen molar-refractivity contribution in [3.8, 4) is 67.5 Å². The van der Waals surface area contributed by atoms with Gasteiger partial charge >= 0.3 is 0 Å². The Morgan fingerprint density at radius 1 is 0.268 bits per heavy atom. The molecule has 11 rings (SSSR count). The molecule has 0 amide bonds. The van der Waals surface area contributed by atoms with E-state index in [0.29, 0.717) is 17.5 Å². The van der Waals surface area contributed by atoms with Crippen LogP contribution in [0.1, 0.15) is 0 Å². The molecule has 0 N–H and O–H groups in total. The Hall–Kier alpha value is -7.63. The average molecular weight is 718 g/mol. The van der Waals surface area contributed by atoms with Crippen LogP contribution in [-0.4, -0.2) is 15.0 Å². The van der Waals surface area contributed by atoms with Gasteiger partial charge in [0.1, 0.15) is 22.3 Å². The van der Waals surface area contributed by atoms with Crippen LogP contribution in [0.3, 0.4) is 0 Å². The second-order valence-corrected chi connectivity index (χ2v) is 13.9. The molecule has 5 nitrogen and oxygen atoms in total. The van der Waals surface area contributed by atoms with Gasteiger partial charge in [0.25, 0.3) is 0 Å². The predicted octanol–water partition coefficient (Wildman–Crippen LogP) is 13.7. The topological polar surface area (TPSA) is 65.0 Å². The van der Waals surface area contributed by atoms with Crippen molar-refractivity contribution >= 4 is 43.9 Å². The zero-order valence-electron chi connectivity index (χ0n) is 30.1. The van der Waals surface area contributed by atoms with Crippen LogP contribution in [0, 0.1) is 0 Å². The van der Waals surface area contributed by atoms with Crippen LogP contribution in [0.15, 0.2) is 197 Å². The molecule has 3 heterocycles. The van der Waals surface area contributed by atoms with E-state index >= 15 is 0 Å². The van der Waals surface area contributed by atoms with Gasteiger partial charge in [-0.25, -0.2) is 15.0 Å². The van der Waals surface area contributed by atoms with Crippen molar-refractivity contribution in [1.29, 1.82) is 0 Å². The molecule has 0 unspecified atom stereocenters. The Balaban J connectivity index is 0.979. The van der Waals surface area contributed by atoms with Gasteiger partial charge in [0.15, 0.2) is 17.5 Å². The zero-order chi connectivity index (χ0) is 37.0. The molecule has 0 aliphatic carbocycles. The van der Waals surface area contributed by atoms with Crippen molar-refractivity contribution in [2.24, 2.45) is 0 Å². The molecule has 0 radical (unpaired) electrons. The predicted molar refractivity (Wildman–Crippen MR) is 227 cm³/mol. The fourth-order valence-electron chi connectivity index (χ4n) is 7.85. The van der Waals surface area contributed by atoms with Gasteiger partial charge in [-0.3, -0.25) is 0 Å². The molecular formula is C51H31N3O2. The van der Waals surface area contributed by atoms with E-state index in [-0.39, 0.29) is 0 Å². The maximum absolute atomic E-state index is 6.57. The third-order valence-electron chi connectivity index (χ3n) is 10.6. The van der Waals surface area contributed by atoms with E-state index in [9.17, 15) is 0 Å². The summed E-state index contributed by atoms with van der Waals surface area (Å²) < 4.78 is 12.9. The van der Waals surface area contributed by atoms with Crippen LogP contribution >= 0.6 is 0 Å². The molecule has 0 fully saturated rings. The second kappa shape index (κ2) is 13.0. The molecular weight excluding hydrogens is 687 g/mol. The first-order chi connectivity index (χ1) is 27.7. The second-order valence-electron chi connectivity index (χ2n) is 13.9.